The smallest absolute Gasteiger partial charge is 0.171 e. The van der Waals surface area contributed by atoms with Gasteiger partial charge in [0.1, 0.15) is 11.4 Å². The summed E-state index contributed by atoms with van der Waals surface area (Å²) in [6.07, 6.45) is 0.433. The summed E-state index contributed by atoms with van der Waals surface area (Å²) in [7, 11) is 0. The quantitative estimate of drug-likeness (QED) is 0.851. The highest BCUT2D eigenvalue weighted by Crippen LogP contribution is 2.29. The van der Waals surface area contributed by atoms with Crippen molar-refractivity contribution in [3.63, 3.8) is 0 Å². The van der Waals surface area contributed by atoms with E-state index < -0.39 is 0 Å². The van der Waals surface area contributed by atoms with Crippen LogP contribution >= 0.6 is 11.6 Å². The summed E-state index contributed by atoms with van der Waals surface area (Å²) in [5.74, 6) is 1.45. The Balaban J connectivity index is 2.23. The van der Waals surface area contributed by atoms with Gasteiger partial charge in [0.2, 0.25) is 0 Å². The Morgan fingerprint density at radius 3 is 2.63 bits per heavy atom. The SMILES string of the molecule is Cc1nn(CCC#N)c(C)c1Oc1ccc(Cl)cc1. The maximum Gasteiger partial charge on any atom is 0.171 e. The lowest BCUT2D eigenvalue weighted by Gasteiger charge is -2.06. The minimum absolute atomic E-state index is 0.433. The van der Waals surface area contributed by atoms with Crippen molar-refractivity contribution in [2.45, 2.75) is 26.8 Å². The summed E-state index contributed by atoms with van der Waals surface area (Å²) >= 11 is 5.84. The van der Waals surface area contributed by atoms with Crippen LogP contribution in [0.5, 0.6) is 11.5 Å². The van der Waals surface area contributed by atoms with Crippen molar-refractivity contribution in [2.75, 3.05) is 0 Å². The second-order valence-corrected chi connectivity index (χ2v) is 4.62. The Labute approximate surface area is 117 Å². The fraction of sp³-hybridized carbons (Fsp3) is 0.286. The van der Waals surface area contributed by atoms with Gasteiger partial charge in [-0.15, -0.1) is 0 Å². The average Bonchev–Trinajstić information content (AvgIpc) is 2.66. The van der Waals surface area contributed by atoms with Crippen molar-refractivity contribution in [1.82, 2.24) is 9.78 Å². The predicted octanol–water partition coefficient (Wildman–Crippen LogP) is 3.86. The number of hydrogen-bond acceptors (Lipinski definition) is 3. The van der Waals surface area contributed by atoms with Crippen LogP contribution in [0.15, 0.2) is 24.3 Å². The van der Waals surface area contributed by atoms with Gasteiger partial charge in [-0.25, -0.2) is 0 Å². The molecule has 0 saturated heterocycles. The van der Waals surface area contributed by atoms with E-state index in [4.69, 9.17) is 21.6 Å². The zero-order valence-electron chi connectivity index (χ0n) is 10.9. The van der Waals surface area contributed by atoms with Gasteiger partial charge < -0.3 is 4.74 Å². The van der Waals surface area contributed by atoms with Crippen LogP contribution in [0.25, 0.3) is 0 Å². The molecule has 0 radical (unpaired) electrons. The highest BCUT2D eigenvalue weighted by Gasteiger charge is 2.13. The second-order valence-electron chi connectivity index (χ2n) is 4.19. The lowest BCUT2D eigenvalue weighted by atomic mass is 10.3. The van der Waals surface area contributed by atoms with Gasteiger partial charge in [-0.1, -0.05) is 11.6 Å². The van der Waals surface area contributed by atoms with Crippen LogP contribution in [-0.4, -0.2) is 9.78 Å². The molecule has 0 saturated carbocycles. The first kappa shape index (κ1) is 13.4. The Bertz CT molecular complexity index is 611. The number of nitriles is 1. The molecule has 2 aromatic rings. The summed E-state index contributed by atoms with van der Waals surface area (Å²) in [5.41, 5.74) is 1.73. The number of halogens is 1. The van der Waals surface area contributed by atoms with Crippen molar-refractivity contribution in [1.29, 1.82) is 5.26 Å². The topological polar surface area (TPSA) is 50.8 Å². The molecule has 2 rings (SSSR count). The van der Waals surface area contributed by atoms with Crippen LogP contribution < -0.4 is 4.74 Å². The van der Waals surface area contributed by atoms with Crippen molar-refractivity contribution in [2.24, 2.45) is 0 Å². The molecule has 1 heterocycles. The number of hydrogen-bond donors (Lipinski definition) is 0. The minimum atomic E-state index is 0.433. The van der Waals surface area contributed by atoms with E-state index in [1.54, 1.807) is 16.8 Å². The lowest BCUT2D eigenvalue weighted by Crippen LogP contribution is -2.01. The Morgan fingerprint density at radius 2 is 2.00 bits per heavy atom. The summed E-state index contributed by atoms with van der Waals surface area (Å²) in [4.78, 5) is 0. The molecule has 0 aliphatic heterocycles. The van der Waals surface area contributed by atoms with Crippen molar-refractivity contribution in [3.8, 4) is 17.6 Å². The van der Waals surface area contributed by atoms with E-state index in [0.717, 1.165) is 22.9 Å². The van der Waals surface area contributed by atoms with E-state index in [2.05, 4.69) is 11.2 Å². The zero-order chi connectivity index (χ0) is 13.8. The summed E-state index contributed by atoms with van der Waals surface area (Å²) < 4.78 is 7.63. The molecule has 98 valence electrons. The van der Waals surface area contributed by atoms with Crippen LogP contribution in [0.2, 0.25) is 5.02 Å². The summed E-state index contributed by atoms with van der Waals surface area (Å²) in [6.45, 7) is 4.40. The van der Waals surface area contributed by atoms with Gasteiger partial charge in [0.05, 0.1) is 24.7 Å². The molecule has 1 aromatic carbocycles. The zero-order valence-corrected chi connectivity index (χ0v) is 11.6. The molecule has 1 aromatic heterocycles. The highest BCUT2D eigenvalue weighted by molar-refractivity contribution is 6.30. The maximum atomic E-state index is 8.62. The molecular formula is C14H14ClN3O. The normalized spacial score (nSPS) is 10.2. The van der Waals surface area contributed by atoms with Gasteiger partial charge >= 0.3 is 0 Å². The molecule has 4 nitrogen and oxygen atoms in total. The van der Waals surface area contributed by atoms with Crippen LogP contribution in [0.4, 0.5) is 0 Å². The lowest BCUT2D eigenvalue weighted by molar-refractivity contribution is 0.472. The number of ether oxygens (including phenoxy) is 1. The maximum absolute atomic E-state index is 8.62. The predicted molar refractivity (Wildman–Crippen MR) is 73.5 cm³/mol. The largest absolute Gasteiger partial charge is 0.453 e. The van der Waals surface area contributed by atoms with E-state index in [1.807, 2.05) is 26.0 Å². The molecule has 5 heteroatoms. The molecule has 0 aliphatic rings. The second kappa shape index (κ2) is 5.77. The standard InChI is InChI=1S/C14H14ClN3O/c1-10-14(11(2)18(17-10)9-3-8-16)19-13-6-4-12(15)5-7-13/h4-7H,3,9H2,1-2H3. The van der Waals surface area contributed by atoms with Crippen molar-refractivity contribution in [3.05, 3.63) is 40.7 Å². The Morgan fingerprint density at radius 1 is 1.32 bits per heavy atom. The average molecular weight is 276 g/mol. The van der Waals surface area contributed by atoms with E-state index in [-0.39, 0.29) is 0 Å². The first-order valence-electron chi connectivity index (χ1n) is 5.96. The molecule has 0 fully saturated rings. The third-order valence-electron chi connectivity index (χ3n) is 2.78. The van der Waals surface area contributed by atoms with Crippen LogP contribution in [0, 0.1) is 25.2 Å². The molecule has 0 spiro atoms. The highest BCUT2D eigenvalue weighted by atomic mass is 35.5. The summed E-state index contributed by atoms with van der Waals surface area (Å²) in [6, 6.07) is 9.30. The number of aryl methyl sites for hydroxylation is 2. The first-order chi connectivity index (χ1) is 9.11. The molecule has 0 unspecified atom stereocenters. The fourth-order valence-corrected chi connectivity index (χ4v) is 1.95. The van der Waals surface area contributed by atoms with E-state index >= 15 is 0 Å². The molecule has 19 heavy (non-hydrogen) atoms. The van der Waals surface area contributed by atoms with Gasteiger partial charge in [-0.3, -0.25) is 4.68 Å². The molecule has 0 N–H and O–H groups in total. The van der Waals surface area contributed by atoms with Crippen LogP contribution in [0.3, 0.4) is 0 Å². The number of rotatable bonds is 4. The van der Waals surface area contributed by atoms with Crippen molar-refractivity contribution < 1.29 is 4.74 Å². The van der Waals surface area contributed by atoms with Gasteiger partial charge in [-0.2, -0.15) is 10.4 Å². The van der Waals surface area contributed by atoms with Gasteiger partial charge in [-0.05, 0) is 38.1 Å². The van der Waals surface area contributed by atoms with Crippen LogP contribution in [-0.2, 0) is 6.54 Å². The summed E-state index contributed by atoms with van der Waals surface area (Å²) in [5, 5.41) is 13.7. The number of benzene rings is 1. The molecule has 0 bridgehead atoms. The van der Waals surface area contributed by atoms with Gasteiger partial charge in [0, 0.05) is 5.02 Å². The Kier molecular flexibility index (Phi) is 4.08. The first-order valence-corrected chi connectivity index (χ1v) is 6.34. The van der Waals surface area contributed by atoms with Gasteiger partial charge in [0.25, 0.3) is 0 Å². The van der Waals surface area contributed by atoms with E-state index in [1.165, 1.54) is 0 Å². The van der Waals surface area contributed by atoms with Gasteiger partial charge in [0.15, 0.2) is 5.75 Å². The molecular weight excluding hydrogens is 262 g/mol. The number of nitrogens with zero attached hydrogens (tertiary/aromatic N) is 3. The molecule has 0 aliphatic carbocycles. The van der Waals surface area contributed by atoms with E-state index in [9.17, 15) is 0 Å². The minimum Gasteiger partial charge on any atom is -0.453 e. The Hall–Kier alpha value is -1.99. The number of aromatic nitrogens is 2. The fourth-order valence-electron chi connectivity index (χ4n) is 1.82. The van der Waals surface area contributed by atoms with Crippen LogP contribution in [0.1, 0.15) is 17.8 Å². The third kappa shape index (κ3) is 3.07. The monoisotopic (exact) mass is 275 g/mol. The molecule has 0 amide bonds. The third-order valence-corrected chi connectivity index (χ3v) is 3.04. The van der Waals surface area contributed by atoms with E-state index in [0.29, 0.717) is 18.0 Å². The molecule has 0 atom stereocenters. The van der Waals surface area contributed by atoms with Crippen molar-refractivity contribution >= 4 is 11.6 Å².